The van der Waals surface area contributed by atoms with Crippen molar-refractivity contribution in [2.45, 2.75) is 47.7 Å². The number of hydrogen-bond donors (Lipinski definition) is 0. The minimum atomic E-state index is -4.89. The Morgan fingerprint density at radius 1 is 0.460 bits per heavy atom. The lowest BCUT2D eigenvalue weighted by Crippen LogP contribution is -2.17. The Labute approximate surface area is 287 Å². The van der Waals surface area contributed by atoms with Crippen LogP contribution in [0.1, 0.15) is 41.7 Å². The third kappa shape index (κ3) is 5.32. The molecule has 0 N–H and O–H groups in total. The molecular formula is C43H35F5N2. The van der Waals surface area contributed by atoms with Crippen LogP contribution in [0.25, 0.3) is 66.1 Å². The van der Waals surface area contributed by atoms with Gasteiger partial charge < -0.3 is 9.13 Å². The molecular weight excluding hydrogens is 639 g/mol. The van der Waals surface area contributed by atoms with Crippen molar-refractivity contribution in [3.05, 3.63) is 143 Å². The van der Waals surface area contributed by atoms with E-state index in [1.54, 1.807) is 15.2 Å². The summed E-state index contributed by atoms with van der Waals surface area (Å²) < 4.78 is 80.9. The van der Waals surface area contributed by atoms with Crippen molar-refractivity contribution in [3.8, 4) is 22.5 Å². The van der Waals surface area contributed by atoms with Crippen LogP contribution in [0.15, 0.2) is 103 Å². The summed E-state index contributed by atoms with van der Waals surface area (Å²) in [7, 11) is 0. The zero-order valence-electron chi connectivity index (χ0n) is 28.6. The summed E-state index contributed by atoms with van der Waals surface area (Å²) in [6.45, 7) is 11.8. The number of benzene rings is 6. The van der Waals surface area contributed by atoms with E-state index in [0.717, 1.165) is 62.0 Å². The molecule has 8 rings (SSSR count). The minimum Gasteiger partial charge on any atom is -0.309 e. The first-order chi connectivity index (χ1) is 23.9. The fourth-order valence-corrected chi connectivity index (χ4v) is 7.22. The molecule has 50 heavy (non-hydrogen) atoms. The monoisotopic (exact) mass is 674 g/mol. The molecule has 2 nitrogen and oxygen atoms in total. The first kappa shape index (κ1) is 33.1. The van der Waals surface area contributed by atoms with E-state index in [-0.39, 0.29) is 22.5 Å². The molecule has 0 atom stereocenters. The number of fused-ring (bicyclic) bond motifs is 6. The predicted molar refractivity (Wildman–Crippen MR) is 196 cm³/mol. The van der Waals surface area contributed by atoms with Crippen LogP contribution in [0.3, 0.4) is 0 Å². The molecule has 7 heteroatoms. The van der Waals surface area contributed by atoms with Gasteiger partial charge in [-0.1, -0.05) is 66.4 Å². The highest BCUT2D eigenvalue weighted by molar-refractivity contribution is 6.12. The maximum Gasteiger partial charge on any atom is 0.420 e. The SMILES string of the molecule is CC.Cc1ccc2c(c1)c1cc(C)ccc1n2-c1ccc(-c2cc(F)cc(F)c2)c(-n2c3ccc(C)cc3c3cc(C)ccc32)c1C(F)(F)F. The van der Waals surface area contributed by atoms with Crippen LogP contribution in [-0.2, 0) is 6.18 Å². The Hall–Kier alpha value is -5.43. The summed E-state index contributed by atoms with van der Waals surface area (Å²) in [6, 6.07) is 28.6. The van der Waals surface area contributed by atoms with Crippen molar-refractivity contribution in [2.24, 2.45) is 0 Å². The molecule has 0 aliphatic carbocycles. The van der Waals surface area contributed by atoms with Crippen molar-refractivity contribution in [3.63, 3.8) is 0 Å². The molecule has 0 radical (unpaired) electrons. The molecule has 0 saturated heterocycles. The number of hydrogen-bond acceptors (Lipinski definition) is 0. The van der Waals surface area contributed by atoms with Gasteiger partial charge >= 0.3 is 6.18 Å². The largest absolute Gasteiger partial charge is 0.420 e. The van der Waals surface area contributed by atoms with Gasteiger partial charge in [-0.25, -0.2) is 8.78 Å². The van der Waals surface area contributed by atoms with Gasteiger partial charge in [-0.3, -0.25) is 0 Å². The summed E-state index contributed by atoms with van der Waals surface area (Å²) in [5, 5.41) is 3.24. The lowest BCUT2D eigenvalue weighted by molar-refractivity contribution is -0.137. The molecule has 8 aromatic rings. The summed E-state index contributed by atoms with van der Waals surface area (Å²) >= 11 is 0. The van der Waals surface area contributed by atoms with Gasteiger partial charge in [0.15, 0.2) is 0 Å². The Kier molecular flexibility index (Phi) is 8.05. The predicted octanol–water partition coefficient (Wildman–Crippen LogP) is 13.1. The van der Waals surface area contributed by atoms with Crippen molar-refractivity contribution in [2.75, 3.05) is 0 Å². The Bertz CT molecular complexity index is 2480. The first-order valence-electron chi connectivity index (χ1n) is 16.6. The Balaban J connectivity index is 0.00000193. The molecule has 0 fully saturated rings. The van der Waals surface area contributed by atoms with E-state index < -0.39 is 23.4 Å². The van der Waals surface area contributed by atoms with Crippen LogP contribution in [0.4, 0.5) is 22.0 Å². The number of rotatable bonds is 3. The van der Waals surface area contributed by atoms with E-state index in [0.29, 0.717) is 22.1 Å². The fraction of sp³-hybridized carbons (Fsp3) is 0.163. The number of alkyl halides is 3. The Morgan fingerprint density at radius 3 is 1.22 bits per heavy atom. The van der Waals surface area contributed by atoms with Crippen molar-refractivity contribution in [1.82, 2.24) is 9.13 Å². The average molecular weight is 675 g/mol. The Morgan fingerprint density at radius 2 is 0.840 bits per heavy atom. The van der Waals surface area contributed by atoms with E-state index in [1.807, 2.05) is 114 Å². The topological polar surface area (TPSA) is 9.86 Å². The van der Waals surface area contributed by atoms with Gasteiger partial charge in [-0.05, 0) is 100.0 Å². The van der Waals surface area contributed by atoms with Gasteiger partial charge in [0.25, 0.3) is 0 Å². The quantitative estimate of drug-likeness (QED) is 0.165. The van der Waals surface area contributed by atoms with Crippen molar-refractivity contribution < 1.29 is 22.0 Å². The van der Waals surface area contributed by atoms with E-state index in [2.05, 4.69) is 0 Å². The smallest absolute Gasteiger partial charge is 0.309 e. The van der Waals surface area contributed by atoms with E-state index in [9.17, 15) is 8.78 Å². The zero-order valence-corrected chi connectivity index (χ0v) is 28.6. The second kappa shape index (κ2) is 12.2. The molecule has 252 valence electrons. The molecule has 2 heterocycles. The van der Waals surface area contributed by atoms with Crippen LogP contribution in [0.2, 0.25) is 0 Å². The second-order valence-electron chi connectivity index (χ2n) is 12.8. The maximum absolute atomic E-state index is 16.0. The van der Waals surface area contributed by atoms with Gasteiger partial charge in [0.1, 0.15) is 17.2 Å². The van der Waals surface area contributed by atoms with Crippen LogP contribution in [-0.4, -0.2) is 9.13 Å². The molecule has 0 unspecified atom stereocenters. The molecule has 0 aliphatic rings. The van der Waals surface area contributed by atoms with Crippen LogP contribution >= 0.6 is 0 Å². The molecule has 6 aromatic carbocycles. The summed E-state index contributed by atoms with van der Waals surface area (Å²) in [4.78, 5) is 0. The van der Waals surface area contributed by atoms with Gasteiger partial charge in [0.2, 0.25) is 0 Å². The standard InChI is InChI=1S/C41H29F5N2.C2H6/c1-22-5-10-34-30(15-22)31-16-23(2)6-11-35(31)47(34)38-14-9-29(26-19-27(42)21-28(43)20-26)40(39(38)41(44,45)46)48-36-12-7-24(3)17-32(36)33-18-25(4)8-13-37(33)48;1-2/h5-21H,1-4H3;1-2H3. The van der Waals surface area contributed by atoms with E-state index in [1.165, 1.54) is 6.07 Å². The van der Waals surface area contributed by atoms with Crippen LogP contribution < -0.4 is 0 Å². The molecule has 0 aliphatic heterocycles. The van der Waals surface area contributed by atoms with Gasteiger partial charge in [0, 0.05) is 33.2 Å². The number of aromatic nitrogens is 2. The normalized spacial score (nSPS) is 11.9. The summed E-state index contributed by atoms with van der Waals surface area (Å²) in [5.74, 6) is -1.76. The highest BCUT2D eigenvalue weighted by Gasteiger charge is 2.40. The lowest BCUT2D eigenvalue weighted by Gasteiger charge is -2.24. The maximum atomic E-state index is 16.0. The zero-order chi connectivity index (χ0) is 35.6. The first-order valence-corrected chi connectivity index (χ1v) is 16.6. The number of aryl methyl sites for hydroxylation is 4. The summed E-state index contributed by atoms with van der Waals surface area (Å²) in [5.41, 5.74) is 5.08. The van der Waals surface area contributed by atoms with Gasteiger partial charge in [-0.2, -0.15) is 13.2 Å². The van der Waals surface area contributed by atoms with Crippen molar-refractivity contribution in [1.29, 1.82) is 0 Å². The molecule has 2 aromatic heterocycles. The van der Waals surface area contributed by atoms with E-state index in [4.69, 9.17) is 0 Å². The second-order valence-corrected chi connectivity index (χ2v) is 12.8. The highest BCUT2D eigenvalue weighted by Crippen LogP contribution is 2.48. The molecule has 0 saturated carbocycles. The molecule has 0 amide bonds. The van der Waals surface area contributed by atoms with Gasteiger partial charge in [-0.15, -0.1) is 0 Å². The lowest BCUT2D eigenvalue weighted by atomic mass is 9.96. The fourth-order valence-electron chi connectivity index (χ4n) is 7.22. The minimum absolute atomic E-state index is 0.00208. The number of nitrogens with zero attached hydrogens (tertiary/aromatic N) is 2. The van der Waals surface area contributed by atoms with E-state index >= 15 is 13.2 Å². The summed E-state index contributed by atoms with van der Waals surface area (Å²) in [6.07, 6.45) is -4.89. The average Bonchev–Trinajstić information content (AvgIpc) is 3.55. The third-order valence-electron chi connectivity index (χ3n) is 9.23. The number of halogens is 5. The van der Waals surface area contributed by atoms with Crippen LogP contribution in [0, 0.1) is 39.3 Å². The third-order valence-corrected chi connectivity index (χ3v) is 9.23. The van der Waals surface area contributed by atoms with Crippen molar-refractivity contribution >= 4 is 43.6 Å². The molecule has 0 spiro atoms. The molecule has 0 bridgehead atoms. The van der Waals surface area contributed by atoms with Crippen LogP contribution in [0.5, 0.6) is 0 Å². The van der Waals surface area contributed by atoms with Gasteiger partial charge in [0.05, 0.1) is 33.4 Å². The highest BCUT2D eigenvalue weighted by atomic mass is 19.4.